The van der Waals surface area contributed by atoms with Crippen LogP contribution in [0.4, 0.5) is 11.5 Å². The molecule has 1 amide bonds. The molecule has 1 spiro atoms. The molecular formula is C21H21N7O. The molecule has 1 saturated heterocycles. The number of fused-ring (bicyclic) bond motifs is 2. The van der Waals surface area contributed by atoms with E-state index >= 15 is 0 Å². The number of carbonyl (C=O) groups is 1. The third kappa shape index (κ3) is 2.48. The third-order valence-electron chi connectivity index (χ3n) is 6.23. The van der Waals surface area contributed by atoms with Gasteiger partial charge in [-0.3, -0.25) is 4.79 Å². The zero-order valence-electron chi connectivity index (χ0n) is 15.9. The average molecular weight is 387 g/mol. The van der Waals surface area contributed by atoms with Crippen molar-refractivity contribution in [3.8, 4) is 0 Å². The van der Waals surface area contributed by atoms with Gasteiger partial charge in [-0.2, -0.15) is 0 Å². The molecule has 146 valence electrons. The van der Waals surface area contributed by atoms with Gasteiger partial charge in [0.2, 0.25) is 0 Å². The summed E-state index contributed by atoms with van der Waals surface area (Å²) in [7, 11) is 0. The van der Waals surface area contributed by atoms with Crippen LogP contribution in [0.2, 0.25) is 0 Å². The highest BCUT2D eigenvalue weighted by Crippen LogP contribution is 2.46. The molecule has 2 aliphatic rings. The number of carbonyl (C=O) groups excluding carboxylic acids is 1. The highest BCUT2D eigenvalue weighted by Gasteiger charge is 2.53. The predicted octanol–water partition coefficient (Wildman–Crippen LogP) is 2.52. The number of amides is 1. The first kappa shape index (κ1) is 16.4. The van der Waals surface area contributed by atoms with E-state index < -0.39 is 0 Å². The second-order valence-corrected chi connectivity index (χ2v) is 8.07. The summed E-state index contributed by atoms with van der Waals surface area (Å²) in [5.41, 5.74) is 8.87. The zero-order chi connectivity index (χ0) is 19.6. The Labute approximate surface area is 166 Å². The summed E-state index contributed by atoms with van der Waals surface area (Å²) in [5.74, 6) is 1.00. The normalized spacial score (nSPS) is 18.1. The van der Waals surface area contributed by atoms with Crippen molar-refractivity contribution in [1.29, 1.82) is 0 Å². The summed E-state index contributed by atoms with van der Waals surface area (Å²) in [6, 6.07) is 9.58. The minimum absolute atomic E-state index is 0.0615. The maximum absolute atomic E-state index is 13.3. The van der Waals surface area contributed by atoms with Crippen molar-refractivity contribution in [1.82, 2.24) is 24.8 Å². The van der Waals surface area contributed by atoms with Gasteiger partial charge in [-0.05, 0) is 43.2 Å². The number of nitrogens with one attached hydrogen (secondary N) is 2. The number of benzene rings is 1. The molecule has 0 bridgehead atoms. The second kappa shape index (κ2) is 5.73. The van der Waals surface area contributed by atoms with Gasteiger partial charge in [-0.15, -0.1) is 0 Å². The van der Waals surface area contributed by atoms with E-state index in [0.29, 0.717) is 17.9 Å². The van der Waals surface area contributed by atoms with Crippen LogP contribution >= 0.6 is 0 Å². The van der Waals surface area contributed by atoms with Gasteiger partial charge >= 0.3 is 0 Å². The van der Waals surface area contributed by atoms with E-state index in [9.17, 15) is 4.79 Å². The van der Waals surface area contributed by atoms with Gasteiger partial charge in [0.25, 0.3) is 5.91 Å². The van der Waals surface area contributed by atoms with Gasteiger partial charge in [0.1, 0.15) is 23.5 Å². The quantitative estimate of drug-likeness (QED) is 0.458. The van der Waals surface area contributed by atoms with E-state index in [1.165, 1.54) is 0 Å². The van der Waals surface area contributed by atoms with Crippen LogP contribution in [-0.2, 0) is 0 Å². The van der Waals surface area contributed by atoms with Crippen LogP contribution in [0.1, 0.15) is 23.3 Å². The number of anilines is 2. The number of hydrogen-bond donors (Lipinski definition) is 3. The smallest absolute Gasteiger partial charge is 0.270 e. The van der Waals surface area contributed by atoms with E-state index in [2.05, 4.69) is 24.8 Å². The van der Waals surface area contributed by atoms with Gasteiger partial charge in [-0.1, -0.05) is 0 Å². The van der Waals surface area contributed by atoms with Crippen LogP contribution in [0, 0.1) is 0 Å². The molecule has 0 atom stereocenters. The molecule has 2 fully saturated rings. The number of nitrogen functional groups attached to an aromatic ring is 1. The van der Waals surface area contributed by atoms with Crippen LogP contribution in [0.3, 0.4) is 0 Å². The molecule has 0 unspecified atom stereocenters. The molecule has 3 aromatic heterocycles. The summed E-state index contributed by atoms with van der Waals surface area (Å²) < 4.78 is 0. The lowest BCUT2D eigenvalue weighted by atomic mass is 10.1. The maximum Gasteiger partial charge on any atom is 0.270 e. The molecule has 4 aromatic rings. The van der Waals surface area contributed by atoms with E-state index in [1.54, 1.807) is 6.33 Å². The summed E-state index contributed by atoms with van der Waals surface area (Å²) in [5, 5.41) is 1.99. The Bertz CT molecular complexity index is 1250. The van der Waals surface area contributed by atoms with Crippen molar-refractivity contribution in [2.75, 3.05) is 30.3 Å². The van der Waals surface area contributed by atoms with Crippen molar-refractivity contribution in [3.05, 3.63) is 48.5 Å². The van der Waals surface area contributed by atoms with E-state index in [0.717, 1.165) is 53.7 Å². The van der Waals surface area contributed by atoms with Crippen molar-refractivity contribution >= 4 is 39.3 Å². The molecule has 0 radical (unpaired) electrons. The molecule has 1 saturated carbocycles. The molecular weight excluding hydrogens is 366 g/mol. The molecule has 4 N–H and O–H groups in total. The van der Waals surface area contributed by atoms with Crippen LogP contribution < -0.4 is 10.6 Å². The van der Waals surface area contributed by atoms with Gasteiger partial charge in [-0.25, -0.2) is 9.97 Å². The van der Waals surface area contributed by atoms with Crippen molar-refractivity contribution in [2.45, 2.75) is 18.4 Å². The first-order valence-electron chi connectivity index (χ1n) is 9.86. The monoisotopic (exact) mass is 387 g/mol. The first-order chi connectivity index (χ1) is 14.1. The van der Waals surface area contributed by atoms with Gasteiger partial charge in [0, 0.05) is 42.4 Å². The Balaban J connectivity index is 1.29. The molecule has 8 heteroatoms. The number of hydrogen-bond acceptors (Lipinski definition) is 5. The van der Waals surface area contributed by atoms with E-state index in [-0.39, 0.29) is 11.4 Å². The SMILES string of the molecule is Nc1ccc2[nH]c(C(=O)N3CCN(c4ncnc5[nH]ccc45)CC34CC4)cc2c1. The molecule has 1 aromatic carbocycles. The first-order valence-corrected chi connectivity index (χ1v) is 9.86. The minimum Gasteiger partial charge on any atom is -0.399 e. The lowest BCUT2D eigenvalue weighted by Crippen LogP contribution is -2.57. The Kier molecular flexibility index (Phi) is 3.24. The lowest BCUT2D eigenvalue weighted by Gasteiger charge is -2.42. The van der Waals surface area contributed by atoms with Crippen LogP contribution in [0.25, 0.3) is 21.9 Å². The zero-order valence-corrected chi connectivity index (χ0v) is 15.9. The Morgan fingerprint density at radius 3 is 2.90 bits per heavy atom. The summed E-state index contributed by atoms with van der Waals surface area (Å²) in [6.45, 7) is 2.22. The number of nitrogens with zero attached hydrogens (tertiary/aromatic N) is 4. The number of aromatic amines is 2. The summed E-state index contributed by atoms with van der Waals surface area (Å²) >= 11 is 0. The molecule has 8 nitrogen and oxygen atoms in total. The summed E-state index contributed by atoms with van der Waals surface area (Å²) in [6.07, 6.45) is 5.52. The molecule has 1 aliphatic heterocycles. The van der Waals surface area contributed by atoms with Crippen molar-refractivity contribution < 1.29 is 4.79 Å². The Morgan fingerprint density at radius 2 is 2.03 bits per heavy atom. The second-order valence-electron chi connectivity index (χ2n) is 8.07. The fraction of sp³-hybridized carbons (Fsp3) is 0.286. The highest BCUT2D eigenvalue weighted by molar-refractivity contribution is 5.99. The standard InChI is InChI=1S/C21H21N7O/c22-14-1-2-16-13(9-14)10-17(26-16)20(29)28-8-7-27(11-21(28)4-5-21)19-15-3-6-23-18(15)24-12-25-19/h1-3,6,9-10,12,26H,4-5,7-8,11,22H2,(H,23,24,25). The van der Waals surface area contributed by atoms with E-state index in [1.807, 2.05) is 41.4 Å². The average Bonchev–Trinajstić information content (AvgIpc) is 3.16. The highest BCUT2D eigenvalue weighted by atomic mass is 16.2. The van der Waals surface area contributed by atoms with Crippen LogP contribution in [0.5, 0.6) is 0 Å². The Morgan fingerprint density at radius 1 is 1.14 bits per heavy atom. The van der Waals surface area contributed by atoms with Gasteiger partial charge in [0.05, 0.1) is 10.9 Å². The van der Waals surface area contributed by atoms with E-state index in [4.69, 9.17) is 5.73 Å². The van der Waals surface area contributed by atoms with Crippen molar-refractivity contribution in [3.63, 3.8) is 0 Å². The summed E-state index contributed by atoms with van der Waals surface area (Å²) in [4.78, 5) is 32.9. The predicted molar refractivity (Wildman–Crippen MR) is 112 cm³/mol. The largest absolute Gasteiger partial charge is 0.399 e. The number of rotatable bonds is 2. The van der Waals surface area contributed by atoms with Crippen LogP contribution in [-0.4, -0.2) is 55.9 Å². The lowest BCUT2D eigenvalue weighted by molar-refractivity contribution is 0.0619. The molecule has 29 heavy (non-hydrogen) atoms. The van der Waals surface area contributed by atoms with Gasteiger partial charge < -0.3 is 25.5 Å². The number of H-pyrrole nitrogens is 2. The van der Waals surface area contributed by atoms with Crippen LogP contribution in [0.15, 0.2) is 42.9 Å². The van der Waals surface area contributed by atoms with Gasteiger partial charge in [0.15, 0.2) is 0 Å². The number of nitrogens with two attached hydrogens (primary N) is 1. The topological polar surface area (TPSA) is 107 Å². The maximum atomic E-state index is 13.3. The fourth-order valence-corrected chi connectivity index (χ4v) is 4.57. The molecule has 4 heterocycles. The number of piperazine rings is 1. The third-order valence-corrected chi connectivity index (χ3v) is 6.23. The molecule has 6 rings (SSSR count). The number of aromatic nitrogens is 4. The molecule has 1 aliphatic carbocycles. The minimum atomic E-state index is -0.112. The Hall–Kier alpha value is -3.55. The van der Waals surface area contributed by atoms with Crippen molar-refractivity contribution in [2.24, 2.45) is 0 Å². The fourth-order valence-electron chi connectivity index (χ4n) is 4.57.